The molecule has 1 aliphatic carbocycles. The fourth-order valence-electron chi connectivity index (χ4n) is 4.20. The highest BCUT2D eigenvalue weighted by Crippen LogP contribution is 2.38. The van der Waals surface area contributed by atoms with Gasteiger partial charge in [0, 0.05) is 24.0 Å². The maximum atomic E-state index is 9.88. The molecule has 0 atom stereocenters. The van der Waals surface area contributed by atoms with Crippen molar-refractivity contribution in [1.29, 1.82) is 0 Å². The average molecular weight is 386 g/mol. The van der Waals surface area contributed by atoms with Crippen molar-refractivity contribution in [3.05, 3.63) is 18.0 Å². The van der Waals surface area contributed by atoms with Gasteiger partial charge in [0.05, 0.1) is 17.0 Å². The molecule has 1 saturated carbocycles. The van der Waals surface area contributed by atoms with Crippen molar-refractivity contribution in [3.63, 3.8) is 0 Å². The molecule has 1 saturated heterocycles. The summed E-state index contributed by atoms with van der Waals surface area (Å²) >= 11 is 0. The van der Waals surface area contributed by atoms with E-state index in [1.807, 2.05) is 12.4 Å². The van der Waals surface area contributed by atoms with E-state index in [-0.39, 0.29) is 18.2 Å². The van der Waals surface area contributed by atoms with E-state index in [9.17, 15) is 5.11 Å². The molecule has 7 heteroatoms. The Morgan fingerprint density at radius 1 is 1.07 bits per heavy atom. The molecular formula is C21H31N5O2. The second kappa shape index (κ2) is 8.57. The predicted molar refractivity (Wildman–Crippen MR) is 110 cm³/mol. The van der Waals surface area contributed by atoms with Crippen LogP contribution >= 0.6 is 0 Å². The lowest BCUT2D eigenvalue weighted by Crippen LogP contribution is -2.34. The van der Waals surface area contributed by atoms with Crippen LogP contribution in [-0.4, -0.2) is 51.4 Å². The third-order valence-electron chi connectivity index (χ3n) is 5.73. The van der Waals surface area contributed by atoms with Crippen molar-refractivity contribution in [2.24, 2.45) is 0 Å². The maximum Gasteiger partial charge on any atom is 0.224 e. The minimum Gasteiger partial charge on any atom is -0.474 e. The predicted octanol–water partition coefficient (Wildman–Crippen LogP) is 2.99. The zero-order valence-corrected chi connectivity index (χ0v) is 16.8. The lowest BCUT2D eigenvalue weighted by Gasteiger charge is -2.27. The van der Waals surface area contributed by atoms with Crippen LogP contribution in [0.5, 0.6) is 5.88 Å². The van der Waals surface area contributed by atoms with Gasteiger partial charge < -0.3 is 20.5 Å². The molecule has 2 aromatic rings. The van der Waals surface area contributed by atoms with Gasteiger partial charge in [-0.05, 0) is 71.4 Å². The second-order valence-corrected chi connectivity index (χ2v) is 8.35. The molecule has 0 radical (unpaired) electrons. The van der Waals surface area contributed by atoms with Gasteiger partial charge in [-0.2, -0.15) is 0 Å². The molecule has 2 aromatic heterocycles. The van der Waals surface area contributed by atoms with Crippen molar-refractivity contribution in [1.82, 2.24) is 20.3 Å². The number of nitrogens with one attached hydrogen (secondary N) is 2. The van der Waals surface area contributed by atoms with E-state index in [0.29, 0.717) is 17.7 Å². The quantitative estimate of drug-likeness (QED) is 0.729. The number of pyridine rings is 1. The summed E-state index contributed by atoms with van der Waals surface area (Å²) in [6.07, 6.45) is 9.35. The lowest BCUT2D eigenvalue weighted by molar-refractivity contribution is 0.122. The highest BCUT2D eigenvalue weighted by Gasteiger charge is 2.25. The highest BCUT2D eigenvalue weighted by molar-refractivity contribution is 5.86. The molecule has 0 spiro atoms. The zero-order valence-electron chi connectivity index (χ0n) is 16.8. The highest BCUT2D eigenvalue weighted by atomic mass is 16.5. The van der Waals surface area contributed by atoms with Gasteiger partial charge in [-0.25, -0.2) is 15.0 Å². The first kappa shape index (κ1) is 19.3. The Hall–Kier alpha value is -1.99. The van der Waals surface area contributed by atoms with Crippen LogP contribution < -0.4 is 15.4 Å². The number of hydrogen-bond acceptors (Lipinski definition) is 7. The van der Waals surface area contributed by atoms with Crippen molar-refractivity contribution >= 4 is 16.9 Å². The van der Waals surface area contributed by atoms with E-state index in [2.05, 4.69) is 34.4 Å². The Bertz CT molecular complexity index is 799. The number of rotatable bonds is 5. The molecule has 2 aliphatic rings. The molecule has 3 heterocycles. The normalized spacial score (nSPS) is 23.9. The number of anilines is 1. The standard InChI is InChI=1S/C21H31N5O2/c1-13(2)25-21-24-12-18-19(26-21)17(14-3-5-15(27)6-4-14)11-23-20(18)28-16-7-9-22-10-8-16/h11-16,22,27H,3-10H2,1-2H3,(H,24,25,26)/t14-,15-. The zero-order chi connectivity index (χ0) is 19.5. The van der Waals surface area contributed by atoms with Gasteiger partial charge in [0.15, 0.2) is 0 Å². The first-order chi connectivity index (χ1) is 13.6. The van der Waals surface area contributed by atoms with E-state index >= 15 is 0 Å². The monoisotopic (exact) mass is 385 g/mol. The van der Waals surface area contributed by atoms with Gasteiger partial charge in [-0.15, -0.1) is 0 Å². The smallest absolute Gasteiger partial charge is 0.224 e. The van der Waals surface area contributed by atoms with Crippen molar-refractivity contribution in [2.75, 3.05) is 18.4 Å². The van der Waals surface area contributed by atoms with Crippen molar-refractivity contribution in [2.45, 2.75) is 76.5 Å². The van der Waals surface area contributed by atoms with E-state index in [1.54, 1.807) is 0 Å². The summed E-state index contributed by atoms with van der Waals surface area (Å²) in [5, 5.41) is 17.4. The van der Waals surface area contributed by atoms with Crippen LogP contribution in [0.1, 0.15) is 63.9 Å². The van der Waals surface area contributed by atoms with Crippen LogP contribution in [0, 0.1) is 0 Å². The van der Waals surface area contributed by atoms with Gasteiger partial charge in [-0.3, -0.25) is 0 Å². The summed E-state index contributed by atoms with van der Waals surface area (Å²) in [6.45, 7) is 6.11. The van der Waals surface area contributed by atoms with E-state index in [4.69, 9.17) is 9.72 Å². The molecule has 152 valence electrons. The summed E-state index contributed by atoms with van der Waals surface area (Å²) < 4.78 is 6.26. The van der Waals surface area contributed by atoms with Gasteiger partial charge in [0.1, 0.15) is 6.10 Å². The Labute approximate surface area is 166 Å². The van der Waals surface area contributed by atoms with Gasteiger partial charge >= 0.3 is 0 Å². The Morgan fingerprint density at radius 3 is 2.54 bits per heavy atom. The number of nitrogens with zero attached hydrogens (tertiary/aromatic N) is 3. The fraction of sp³-hybridized carbons (Fsp3) is 0.667. The minimum absolute atomic E-state index is 0.175. The molecule has 0 aromatic carbocycles. The fourth-order valence-corrected chi connectivity index (χ4v) is 4.20. The number of fused-ring (bicyclic) bond motifs is 1. The van der Waals surface area contributed by atoms with Crippen LogP contribution in [0.15, 0.2) is 12.4 Å². The Morgan fingerprint density at radius 2 is 1.82 bits per heavy atom. The molecular weight excluding hydrogens is 354 g/mol. The van der Waals surface area contributed by atoms with E-state index < -0.39 is 0 Å². The first-order valence-corrected chi connectivity index (χ1v) is 10.6. The topological polar surface area (TPSA) is 92.2 Å². The first-order valence-electron chi connectivity index (χ1n) is 10.6. The largest absolute Gasteiger partial charge is 0.474 e. The maximum absolute atomic E-state index is 9.88. The molecule has 7 nitrogen and oxygen atoms in total. The molecule has 0 bridgehead atoms. The molecule has 4 rings (SSSR count). The molecule has 0 amide bonds. The van der Waals surface area contributed by atoms with Crippen molar-refractivity contribution in [3.8, 4) is 5.88 Å². The van der Waals surface area contributed by atoms with Gasteiger partial charge in [0.2, 0.25) is 11.8 Å². The molecule has 0 unspecified atom stereocenters. The van der Waals surface area contributed by atoms with E-state index in [0.717, 1.165) is 68.1 Å². The number of piperidine rings is 1. The molecule has 2 fully saturated rings. The molecule has 3 N–H and O–H groups in total. The lowest BCUT2D eigenvalue weighted by atomic mass is 9.83. The van der Waals surface area contributed by atoms with Crippen LogP contribution in [0.3, 0.4) is 0 Å². The van der Waals surface area contributed by atoms with Crippen LogP contribution in [0.2, 0.25) is 0 Å². The van der Waals surface area contributed by atoms with Crippen LogP contribution in [0.25, 0.3) is 10.9 Å². The summed E-state index contributed by atoms with van der Waals surface area (Å²) in [4.78, 5) is 14.0. The van der Waals surface area contributed by atoms with Gasteiger partial charge in [0.25, 0.3) is 0 Å². The summed E-state index contributed by atoms with van der Waals surface area (Å²) in [7, 11) is 0. The molecule has 28 heavy (non-hydrogen) atoms. The third-order valence-corrected chi connectivity index (χ3v) is 5.73. The Kier molecular flexibility index (Phi) is 5.92. The third kappa shape index (κ3) is 4.36. The van der Waals surface area contributed by atoms with Gasteiger partial charge in [-0.1, -0.05) is 0 Å². The summed E-state index contributed by atoms with van der Waals surface area (Å²) in [5.74, 6) is 1.64. The number of aromatic nitrogens is 3. The number of hydrogen-bond donors (Lipinski definition) is 3. The van der Waals surface area contributed by atoms with Crippen LogP contribution in [0.4, 0.5) is 5.95 Å². The average Bonchev–Trinajstić information content (AvgIpc) is 2.69. The second-order valence-electron chi connectivity index (χ2n) is 8.35. The molecule has 1 aliphatic heterocycles. The summed E-state index contributed by atoms with van der Waals surface area (Å²) in [6, 6.07) is 0.262. The minimum atomic E-state index is -0.175. The number of aliphatic hydroxyl groups excluding tert-OH is 1. The van der Waals surface area contributed by atoms with Crippen molar-refractivity contribution < 1.29 is 9.84 Å². The van der Waals surface area contributed by atoms with Crippen LogP contribution in [-0.2, 0) is 0 Å². The number of aliphatic hydroxyl groups is 1. The Balaban J connectivity index is 1.70. The van der Waals surface area contributed by atoms with E-state index in [1.165, 1.54) is 0 Å². The number of ether oxygens (including phenoxy) is 1. The summed E-state index contributed by atoms with van der Waals surface area (Å²) in [5.41, 5.74) is 2.08. The SMILES string of the molecule is CC(C)Nc1ncc2c(OC3CCNCC3)ncc([C@H]3CC[C@H](O)CC3)c2n1.